The molecule has 0 spiro atoms. The molecular weight excluding hydrogens is 278 g/mol. The average Bonchev–Trinajstić information content (AvgIpc) is 2.87. The number of ether oxygens (including phenoxy) is 1. The number of rotatable bonds is 4. The van der Waals surface area contributed by atoms with Crippen LogP contribution in [0, 0.1) is 0 Å². The van der Waals surface area contributed by atoms with Crippen molar-refractivity contribution in [2.75, 3.05) is 7.11 Å². The fourth-order valence-corrected chi connectivity index (χ4v) is 3.22. The maximum Gasteiger partial charge on any atom is 0.265 e. The van der Waals surface area contributed by atoms with Crippen molar-refractivity contribution < 1.29 is 14.6 Å². The van der Waals surface area contributed by atoms with E-state index in [1.807, 2.05) is 6.92 Å². The minimum absolute atomic E-state index is 0.197. The van der Waals surface area contributed by atoms with Gasteiger partial charge in [0.15, 0.2) is 0 Å². The van der Waals surface area contributed by atoms with E-state index in [1.165, 1.54) is 0 Å². The third-order valence-corrected chi connectivity index (χ3v) is 4.53. The van der Waals surface area contributed by atoms with Gasteiger partial charge in [-0.1, -0.05) is 24.3 Å². The summed E-state index contributed by atoms with van der Waals surface area (Å²) in [4.78, 5) is 12.8. The average molecular weight is 299 g/mol. The van der Waals surface area contributed by atoms with Crippen LogP contribution in [0.5, 0.6) is 0 Å². The molecule has 0 radical (unpaired) electrons. The van der Waals surface area contributed by atoms with Gasteiger partial charge in [0, 0.05) is 7.11 Å². The van der Waals surface area contributed by atoms with Crippen LogP contribution in [-0.4, -0.2) is 46.0 Å². The maximum atomic E-state index is 12.3. The number of hydrogen-bond acceptors (Lipinski definition) is 6. The molecule has 1 aliphatic carbocycles. The quantitative estimate of drug-likeness (QED) is 0.815. The topological polar surface area (TPSA) is 84.3 Å². The standard InChI is InChI=1S/C13H21N3O3S/c1-3-8-12(20-16-15-8)13(18)14-9-6-4-5-7-10(19-2)11(9)17/h9-11,17H,3-7H2,1-2H3,(H,14,18)/t9-,10-,11-/m1/s1. The molecule has 1 aliphatic rings. The summed E-state index contributed by atoms with van der Waals surface area (Å²) in [6.45, 7) is 1.94. The lowest BCUT2D eigenvalue weighted by Crippen LogP contribution is -2.48. The second kappa shape index (κ2) is 7.10. The van der Waals surface area contributed by atoms with Crippen molar-refractivity contribution in [1.82, 2.24) is 14.9 Å². The Bertz CT molecular complexity index is 452. The predicted octanol–water partition coefficient (Wildman–Crippen LogP) is 1.15. The van der Waals surface area contributed by atoms with Gasteiger partial charge in [-0.15, -0.1) is 5.10 Å². The maximum absolute atomic E-state index is 12.3. The number of aliphatic hydroxyl groups is 1. The summed E-state index contributed by atoms with van der Waals surface area (Å²) in [7, 11) is 1.60. The van der Waals surface area contributed by atoms with Gasteiger partial charge in [-0.25, -0.2) is 0 Å². The van der Waals surface area contributed by atoms with Crippen molar-refractivity contribution in [3.63, 3.8) is 0 Å². The Kier molecular flexibility index (Phi) is 5.45. The van der Waals surface area contributed by atoms with E-state index in [-0.39, 0.29) is 18.1 Å². The first-order chi connectivity index (χ1) is 9.67. The normalized spacial score (nSPS) is 27.1. The molecule has 0 aliphatic heterocycles. The number of aromatic nitrogens is 2. The Labute approximate surface area is 122 Å². The molecule has 1 fully saturated rings. The molecule has 7 heteroatoms. The zero-order valence-corrected chi connectivity index (χ0v) is 12.7. The minimum Gasteiger partial charge on any atom is -0.388 e. The van der Waals surface area contributed by atoms with E-state index < -0.39 is 6.10 Å². The summed E-state index contributed by atoms with van der Waals surface area (Å²) in [5.74, 6) is -0.197. The lowest BCUT2D eigenvalue weighted by molar-refractivity contribution is -0.0277. The lowest BCUT2D eigenvalue weighted by atomic mass is 10.0. The SMILES string of the molecule is CCc1nnsc1C(=O)N[C@@H]1CCCC[C@@H](OC)[C@@H]1O. The van der Waals surface area contributed by atoms with Crippen LogP contribution in [0.15, 0.2) is 0 Å². The molecule has 112 valence electrons. The van der Waals surface area contributed by atoms with Gasteiger partial charge in [0.05, 0.1) is 17.8 Å². The molecule has 3 atom stereocenters. The monoisotopic (exact) mass is 299 g/mol. The van der Waals surface area contributed by atoms with Crippen LogP contribution in [0.4, 0.5) is 0 Å². The molecule has 2 N–H and O–H groups in total. The molecule has 0 saturated heterocycles. The van der Waals surface area contributed by atoms with Crippen molar-refractivity contribution in [3.8, 4) is 0 Å². The zero-order valence-electron chi connectivity index (χ0n) is 11.8. The van der Waals surface area contributed by atoms with Crippen molar-refractivity contribution in [2.45, 2.75) is 57.3 Å². The van der Waals surface area contributed by atoms with Crippen LogP contribution < -0.4 is 5.32 Å². The van der Waals surface area contributed by atoms with Crippen LogP contribution in [0.1, 0.15) is 48.0 Å². The van der Waals surface area contributed by atoms with E-state index >= 15 is 0 Å². The Morgan fingerprint density at radius 3 is 2.95 bits per heavy atom. The Morgan fingerprint density at radius 1 is 1.50 bits per heavy atom. The van der Waals surface area contributed by atoms with Gasteiger partial charge in [-0.2, -0.15) is 0 Å². The highest BCUT2D eigenvalue weighted by atomic mass is 32.1. The third-order valence-electron chi connectivity index (χ3n) is 3.76. The largest absolute Gasteiger partial charge is 0.388 e. The number of aryl methyl sites for hydroxylation is 1. The first-order valence-corrected chi connectivity index (χ1v) is 7.77. The first-order valence-electron chi connectivity index (χ1n) is 7.00. The van der Waals surface area contributed by atoms with E-state index in [4.69, 9.17) is 4.74 Å². The fraction of sp³-hybridized carbons (Fsp3) is 0.769. The first kappa shape index (κ1) is 15.3. The molecule has 0 bridgehead atoms. The molecule has 1 aromatic rings. The summed E-state index contributed by atoms with van der Waals surface area (Å²) in [5, 5.41) is 17.2. The molecule has 6 nitrogen and oxygen atoms in total. The molecule has 20 heavy (non-hydrogen) atoms. The Hall–Kier alpha value is -1.05. The fourth-order valence-electron chi connectivity index (χ4n) is 2.57. The van der Waals surface area contributed by atoms with E-state index in [0.29, 0.717) is 17.0 Å². The summed E-state index contributed by atoms with van der Waals surface area (Å²) < 4.78 is 9.13. The van der Waals surface area contributed by atoms with Gasteiger partial charge < -0.3 is 15.2 Å². The second-order valence-electron chi connectivity index (χ2n) is 5.03. The molecule has 2 rings (SSSR count). The van der Waals surface area contributed by atoms with Crippen LogP contribution in [0.2, 0.25) is 0 Å². The summed E-state index contributed by atoms with van der Waals surface area (Å²) in [6.07, 6.45) is 3.36. The Morgan fingerprint density at radius 2 is 2.25 bits per heavy atom. The van der Waals surface area contributed by atoms with Crippen LogP contribution >= 0.6 is 11.5 Å². The van der Waals surface area contributed by atoms with Gasteiger partial charge >= 0.3 is 0 Å². The summed E-state index contributed by atoms with van der Waals surface area (Å²) >= 11 is 1.10. The molecule has 1 aromatic heterocycles. The van der Waals surface area contributed by atoms with E-state index in [1.54, 1.807) is 7.11 Å². The highest BCUT2D eigenvalue weighted by Gasteiger charge is 2.32. The van der Waals surface area contributed by atoms with Gasteiger partial charge in [0.1, 0.15) is 11.0 Å². The van der Waals surface area contributed by atoms with Crippen LogP contribution in [0.3, 0.4) is 0 Å². The number of nitrogens with one attached hydrogen (secondary N) is 1. The van der Waals surface area contributed by atoms with Crippen molar-refractivity contribution >= 4 is 17.4 Å². The molecule has 1 amide bonds. The number of aliphatic hydroxyl groups excluding tert-OH is 1. The van der Waals surface area contributed by atoms with Gasteiger partial charge in [-0.3, -0.25) is 4.79 Å². The minimum atomic E-state index is -0.669. The molecule has 1 saturated carbocycles. The second-order valence-corrected chi connectivity index (χ2v) is 5.79. The highest BCUT2D eigenvalue weighted by molar-refractivity contribution is 7.08. The van der Waals surface area contributed by atoms with E-state index in [2.05, 4.69) is 14.9 Å². The summed E-state index contributed by atoms with van der Waals surface area (Å²) in [5.41, 5.74) is 0.707. The zero-order chi connectivity index (χ0) is 14.5. The van der Waals surface area contributed by atoms with Crippen molar-refractivity contribution in [2.24, 2.45) is 0 Å². The van der Waals surface area contributed by atoms with E-state index in [9.17, 15) is 9.90 Å². The molecule has 0 aromatic carbocycles. The van der Waals surface area contributed by atoms with Gasteiger partial charge in [-0.05, 0) is 30.8 Å². The van der Waals surface area contributed by atoms with Crippen LogP contribution in [0.25, 0.3) is 0 Å². The molecular formula is C13H21N3O3S. The number of hydrogen-bond donors (Lipinski definition) is 2. The number of methoxy groups -OCH3 is 1. The number of carbonyl (C=O) groups is 1. The number of nitrogens with zero attached hydrogens (tertiary/aromatic N) is 2. The molecule has 0 unspecified atom stereocenters. The van der Waals surface area contributed by atoms with Crippen molar-refractivity contribution in [1.29, 1.82) is 0 Å². The smallest absolute Gasteiger partial charge is 0.265 e. The Balaban J connectivity index is 2.05. The highest BCUT2D eigenvalue weighted by Crippen LogP contribution is 2.21. The van der Waals surface area contributed by atoms with Gasteiger partial charge in [0.25, 0.3) is 5.91 Å². The number of amides is 1. The predicted molar refractivity (Wildman–Crippen MR) is 75.8 cm³/mol. The van der Waals surface area contributed by atoms with Gasteiger partial charge in [0.2, 0.25) is 0 Å². The summed E-state index contributed by atoms with van der Waals surface area (Å²) in [6, 6.07) is -0.276. The third kappa shape index (κ3) is 3.34. The van der Waals surface area contributed by atoms with Crippen molar-refractivity contribution in [3.05, 3.63) is 10.6 Å². The molecule has 1 heterocycles. The lowest BCUT2D eigenvalue weighted by Gasteiger charge is -2.26. The number of carbonyl (C=O) groups excluding carboxylic acids is 1. The van der Waals surface area contributed by atoms with Crippen LogP contribution in [-0.2, 0) is 11.2 Å². The van der Waals surface area contributed by atoms with E-state index in [0.717, 1.165) is 37.2 Å².